The van der Waals surface area contributed by atoms with Gasteiger partial charge in [-0.25, -0.2) is 9.18 Å². The van der Waals surface area contributed by atoms with Crippen molar-refractivity contribution in [2.45, 2.75) is 26.8 Å². The summed E-state index contributed by atoms with van der Waals surface area (Å²) in [5, 5.41) is 2.81. The molecule has 5 nitrogen and oxygen atoms in total. The van der Waals surface area contributed by atoms with Gasteiger partial charge in [-0.3, -0.25) is 4.79 Å². The molecule has 150 valence electrons. The Bertz CT molecular complexity index is 1010. The number of nitrogens with zero attached hydrogens (tertiary/aromatic N) is 1. The predicted octanol–water partition coefficient (Wildman–Crippen LogP) is 4.27. The van der Waals surface area contributed by atoms with Crippen molar-refractivity contribution in [3.8, 4) is 5.69 Å². The number of hydrogen-bond donors (Lipinski definition) is 1. The predicted molar refractivity (Wildman–Crippen MR) is 108 cm³/mol. The van der Waals surface area contributed by atoms with Crippen molar-refractivity contribution < 1.29 is 18.7 Å². The summed E-state index contributed by atoms with van der Waals surface area (Å²) in [6.45, 7) is 5.13. The van der Waals surface area contributed by atoms with Crippen LogP contribution in [0.25, 0.3) is 5.69 Å². The molecular formula is C23H23FN2O3. The van der Waals surface area contributed by atoms with E-state index in [0.29, 0.717) is 11.3 Å². The van der Waals surface area contributed by atoms with Gasteiger partial charge in [0.2, 0.25) is 0 Å². The molecule has 6 heteroatoms. The maximum absolute atomic E-state index is 13.2. The first kappa shape index (κ1) is 20.3. The molecule has 0 aliphatic carbocycles. The number of esters is 1. The second-order valence-corrected chi connectivity index (χ2v) is 6.87. The highest BCUT2D eigenvalue weighted by Crippen LogP contribution is 2.22. The molecule has 0 aliphatic rings. The zero-order valence-corrected chi connectivity index (χ0v) is 16.6. The lowest BCUT2D eigenvalue weighted by atomic mass is 10.1. The van der Waals surface area contributed by atoms with Crippen molar-refractivity contribution in [3.63, 3.8) is 0 Å². The van der Waals surface area contributed by atoms with E-state index in [1.165, 1.54) is 12.1 Å². The van der Waals surface area contributed by atoms with E-state index in [0.717, 1.165) is 16.9 Å². The van der Waals surface area contributed by atoms with Gasteiger partial charge in [0.1, 0.15) is 5.82 Å². The molecular weight excluding hydrogens is 371 g/mol. The zero-order chi connectivity index (χ0) is 21.0. The number of halogens is 1. The van der Waals surface area contributed by atoms with Crippen LogP contribution in [-0.4, -0.2) is 23.1 Å². The van der Waals surface area contributed by atoms with Gasteiger partial charge >= 0.3 is 5.97 Å². The smallest absolute Gasteiger partial charge is 0.340 e. The van der Waals surface area contributed by atoms with E-state index in [-0.39, 0.29) is 24.4 Å². The summed E-state index contributed by atoms with van der Waals surface area (Å²) in [5.41, 5.74) is 3.56. The number of benzene rings is 2. The first-order chi connectivity index (χ1) is 13.9. The summed E-state index contributed by atoms with van der Waals surface area (Å²) >= 11 is 0. The quantitative estimate of drug-likeness (QED) is 0.635. The van der Waals surface area contributed by atoms with Gasteiger partial charge in [-0.2, -0.15) is 0 Å². The molecule has 0 radical (unpaired) electrons. The summed E-state index contributed by atoms with van der Waals surface area (Å²) in [6, 6.07) is 17.1. The van der Waals surface area contributed by atoms with Crippen molar-refractivity contribution in [1.82, 2.24) is 9.88 Å². The van der Waals surface area contributed by atoms with Crippen molar-refractivity contribution in [1.29, 1.82) is 0 Å². The van der Waals surface area contributed by atoms with Gasteiger partial charge in [0.15, 0.2) is 6.61 Å². The van der Waals surface area contributed by atoms with Gasteiger partial charge in [-0.05, 0) is 56.7 Å². The molecule has 3 aromatic rings. The van der Waals surface area contributed by atoms with Gasteiger partial charge in [0.05, 0.1) is 11.6 Å². The van der Waals surface area contributed by atoms with Crippen LogP contribution in [-0.2, 0) is 9.53 Å². The average Bonchev–Trinajstić information content (AvgIpc) is 3.01. The molecule has 0 bridgehead atoms. The molecule has 1 amide bonds. The summed E-state index contributed by atoms with van der Waals surface area (Å²) in [7, 11) is 0. The van der Waals surface area contributed by atoms with E-state index in [4.69, 9.17) is 4.74 Å². The van der Waals surface area contributed by atoms with Crippen molar-refractivity contribution in [2.75, 3.05) is 6.61 Å². The molecule has 1 aromatic heterocycles. The molecule has 0 saturated carbocycles. The van der Waals surface area contributed by atoms with Crippen molar-refractivity contribution in [3.05, 3.63) is 89.0 Å². The van der Waals surface area contributed by atoms with Crippen molar-refractivity contribution in [2.24, 2.45) is 0 Å². The largest absolute Gasteiger partial charge is 0.452 e. The fourth-order valence-corrected chi connectivity index (χ4v) is 3.27. The minimum absolute atomic E-state index is 0.189. The fraction of sp³-hybridized carbons (Fsp3) is 0.217. The van der Waals surface area contributed by atoms with Gasteiger partial charge in [0.25, 0.3) is 5.91 Å². The molecule has 1 N–H and O–H groups in total. The number of carbonyl (C=O) groups excluding carboxylic acids is 2. The highest BCUT2D eigenvalue weighted by Gasteiger charge is 2.19. The highest BCUT2D eigenvalue weighted by atomic mass is 19.1. The van der Waals surface area contributed by atoms with Crippen LogP contribution in [0.5, 0.6) is 0 Å². The molecule has 1 atom stereocenters. The third kappa shape index (κ3) is 4.71. The molecule has 0 saturated heterocycles. The minimum atomic E-state index is -0.575. The fourth-order valence-electron chi connectivity index (χ4n) is 3.27. The van der Waals surface area contributed by atoms with Gasteiger partial charge < -0.3 is 14.6 Å². The highest BCUT2D eigenvalue weighted by molar-refractivity contribution is 5.93. The third-order valence-electron chi connectivity index (χ3n) is 4.75. The average molecular weight is 394 g/mol. The number of amides is 1. The normalized spacial score (nSPS) is 11.7. The maximum atomic E-state index is 13.2. The first-order valence-corrected chi connectivity index (χ1v) is 9.33. The maximum Gasteiger partial charge on any atom is 0.340 e. The van der Waals surface area contributed by atoms with Crippen LogP contribution in [0.4, 0.5) is 4.39 Å². The van der Waals surface area contributed by atoms with Gasteiger partial charge in [-0.15, -0.1) is 0 Å². The van der Waals surface area contributed by atoms with Crippen LogP contribution in [0.2, 0.25) is 0 Å². The van der Waals surface area contributed by atoms with E-state index in [2.05, 4.69) is 5.32 Å². The Labute approximate surface area is 169 Å². The lowest BCUT2D eigenvalue weighted by Gasteiger charge is -2.14. The molecule has 1 heterocycles. The van der Waals surface area contributed by atoms with Crippen LogP contribution in [0, 0.1) is 19.7 Å². The Balaban J connectivity index is 1.64. The van der Waals surface area contributed by atoms with Crippen LogP contribution < -0.4 is 5.32 Å². The Morgan fingerprint density at radius 3 is 2.38 bits per heavy atom. The third-order valence-corrected chi connectivity index (χ3v) is 4.75. The molecule has 29 heavy (non-hydrogen) atoms. The number of rotatable bonds is 6. The Kier molecular flexibility index (Phi) is 6.12. The molecule has 0 unspecified atom stereocenters. The standard InChI is InChI=1S/C23H23FN2O3/c1-15-13-21(17(3)26(15)20-11-9-19(24)10-12-20)23(28)29-14-22(27)25-16(2)18-7-5-4-6-8-18/h4-13,16H,14H2,1-3H3,(H,25,27)/t16-/m1/s1. The number of ether oxygens (including phenoxy) is 1. The lowest BCUT2D eigenvalue weighted by Crippen LogP contribution is -2.31. The van der Waals surface area contributed by atoms with E-state index in [9.17, 15) is 14.0 Å². The topological polar surface area (TPSA) is 60.3 Å². The zero-order valence-electron chi connectivity index (χ0n) is 16.6. The van der Waals surface area contributed by atoms with Gasteiger partial charge in [-0.1, -0.05) is 30.3 Å². The molecule has 0 fully saturated rings. The van der Waals surface area contributed by atoms with Crippen molar-refractivity contribution >= 4 is 11.9 Å². The molecule has 2 aromatic carbocycles. The molecule has 0 aliphatic heterocycles. The van der Waals surface area contributed by atoms with Gasteiger partial charge in [0, 0.05) is 17.1 Å². The van der Waals surface area contributed by atoms with E-state index < -0.39 is 5.97 Å². The molecule has 3 rings (SSSR count). The first-order valence-electron chi connectivity index (χ1n) is 9.33. The monoisotopic (exact) mass is 394 g/mol. The second-order valence-electron chi connectivity index (χ2n) is 6.87. The van der Waals surface area contributed by atoms with Crippen LogP contribution in [0.1, 0.15) is 40.3 Å². The summed E-state index contributed by atoms with van der Waals surface area (Å²) in [4.78, 5) is 24.6. The van der Waals surface area contributed by atoms with E-state index in [1.807, 2.05) is 48.7 Å². The summed E-state index contributed by atoms with van der Waals surface area (Å²) in [6.07, 6.45) is 0. The van der Waals surface area contributed by atoms with Crippen LogP contribution >= 0.6 is 0 Å². The van der Waals surface area contributed by atoms with E-state index in [1.54, 1.807) is 25.1 Å². The van der Waals surface area contributed by atoms with Crippen LogP contribution in [0.15, 0.2) is 60.7 Å². The summed E-state index contributed by atoms with van der Waals surface area (Å²) < 4.78 is 20.2. The Morgan fingerprint density at radius 2 is 1.72 bits per heavy atom. The summed E-state index contributed by atoms with van der Waals surface area (Å²) in [5.74, 6) is -1.28. The second kappa shape index (κ2) is 8.73. The Morgan fingerprint density at radius 1 is 1.07 bits per heavy atom. The Hall–Kier alpha value is -3.41. The SMILES string of the molecule is Cc1cc(C(=O)OCC(=O)N[C@H](C)c2ccccc2)c(C)n1-c1ccc(F)cc1. The van der Waals surface area contributed by atoms with E-state index >= 15 is 0 Å². The lowest BCUT2D eigenvalue weighted by molar-refractivity contribution is -0.124. The van der Waals surface area contributed by atoms with Crippen LogP contribution in [0.3, 0.4) is 0 Å². The number of aromatic nitrogens is 1. The number of nitrogens with one attached hydrogen (secondary N) is 1. The number of carbonyl (C=O) groups is 2. The molecule has 0 spiro atoms. The number of aryl methyl sites for hydroxylation is 1. The number of hydrogen-bond acceptors (Lipinski definition) is 3. The minimum Gasteiger partial charge on any atom is -0.452 e.